The van der Waals surface area contributed by atoms with E-state index in [-0.39, 0.29) is 29.0 Å². The lowest BCUT2D eigenvalue weighted by Gasteiger charge is -2.32. The predicted molar refractivity (Wildman–Crippen MR) is 115 cm³/mol. The number of hydrogen-bond acceptors (Lipinski definition) is 6. The van der Waals surface area contributed by atoms with Crippen molar-refractivity contribution in [3.8, 4) is 17.1 Å². The van der Waals surface area contributed by atoms with Gasteiger partial charge < -0.3 is 15.0 Å². The van der Waals surface area contributed by atoms with Gasteiger partial charge in [0.2, 0.25) is 5.82 Å². The van der Waals surface area contributed by atoms with Crippen molar-refractivity contribution in [2.45, 2.75) is 51.4 Å². The molecule has 1 aromatic carbocycles. The second kappa shape index (κ2) is 9.09. The first-order valence-electron chi connectivity index (χ1n) is 11.0. The first-order chi connectivity index (χ1) is 15.3. The van der Waals surface area contributed by atoms with Crippen molar-refractivity contribution in [1.29, 1.82) is 0 Å². The topological polar surface area (TPSA) is 72.3 Å². The molecular weight excluding hydrogens is 423 g/mol. The Labute approximate surface area is 184 Å². The molecule has 2 heterocycles. The van der Waals surface area contributed by atoms with Crippen LogP contribution in [0, 0.1) is 5.92 Å². The second-order valence-corrected chi connectivity index (χ2v) is 8.52. The van der Waals surface area contributed by atoms with E-state index in [0.29, 0.717) is 18.0 Å². The van der Waals surface area contributed by atoms with Gasteiger partial charge in [-0.25, -0.2) is 0 Å². The summed E-state index contributed by atoms with van der Waals surface area (Å²) in [4.78, 5) is 15.7. The summed E-state index contributed by atoms with van der Waals surface area (Å²) in [6.07, 6.45) is -0.500. The highest BCUT2D eigenvalue weighted by molar-refractivity contribution is 5.65. The maximum Gasteiger partial charge on any atom is 0.416 e. The standard InChI is InChI=1S/C22H28F3N5O2/c1-3-29-10-4-5-16(13-29)26-19-21(31)30(12-14-6-7-14)20(28-27-19)17-9-8-15(22(23,24)25)11-18(17)32-2/h8-9,11,14,16H,3-7,10,12-13H2,1-2H3,(H,26,27)/t16-/m1/s1. The minimum atomic E-state index is -4.49. The number of aromatic nitrogens is 3. The summed E-state index contributed by atoms with van der Waals surface area (Å²) in [5, 5.41) is 11.7. The Kier molecular flexibility index (Phi) is 6.41. The quantitative estimate of drug-likeness (QED) is 0.693. The van der Waals surface area contributed by atoms with Gasteiger partial charge in [0.1, 0.15) is 5.75 Å². The molecule has 1 saturated carbocycles. The fraction of sp³-hybridized carbons (Fsp3) is 0.591. The normalized spacial score (nSPS) is 19.7. The molecular formula is C22H28F3N5O2. The number of benzene rings is 1. The van der Waals surface area contributed by atoms with Crippen molar-refractivity contribution in [1.82, 2.24) is 19.7 Å². The van der Waals surface area contributed by atoms with Gasteiger partial charge in [-0.3, -0.25) is 9.36 Å². The number of anilines is 1. The fourth-order valence-corrected chi connectivity index (χ4v) is 4.14. The number of alkyl halides is 3. The maximum atomic E-state index is 13.3. The average Bonchev–Trinajstić information content (AvgIpc) is 3.60. The van der Waals surface area contributed by atoms with E-state index in [4.69, 9.17) is 4.74 Å². The summed E-state index contributed by atoms with van der Waals surface area (Å²) >= 11 is 0. The van der Waals surface area contributed by atoms with E-state index in [1.807, 2.05) is 0 Å². The van der Waals surface area contributed by atoms with Gasteiger partial charge in [0.15, 0.2) is 5.82 Å². The van der Waals surface area contributed by atoms with Gasteiger partial charge in [-0.05, 0) is 62.9 Å². The van der Waals surface area contributed by atoms with Crippen LogP contribution in [0.1, 0.15) is 38.2 Å². The highest BCUT2D eigenvalue weighted by Gasteiger charge is 2.32. The fourth-order valence-electron chi connectivity index (χ4n) is 4.14. The zero-order chi connectivity index (χ0) is 22.9. The van der Waals surface area contributed by atoms with Crippen LogP contribution in [-0.4, -0.2) is 52.5 Å². The number of nitrogens with one attached hydrogen (secondary N) is 1. The van der Waals surface area contributed by atoms with Crippen molar-refractivity contribution in [3.63, 3.8) is 0 Å². The third-order valence-electron chi connectivity index (χ3n) is 6.15. The summed E-state index contributed by atoms with van der Waals surface area (Å²) in [5.74, 6) is 0.763. The molecule has 2 fully saturated rings. The van der Waals surface area contributed by atoms with Crippen molar-refractivity contribution in [3.05, 3.63) is 34.1 Å². The Bertz CT molecular complexity index is 1020. The Morgan fingerprint density at radius 2 is 2.00 bits per heavy atom. The molecule has 7 nitrogen and oxygen atoms in total. The van der Waals surface area contributed by atoms with Crippen LogP contribution in [0.15, 0.2) is 23.0 Å². The average molecular weight is 451 g/mol. The number of rotatable bonds is 7. The number of piperidine rings is 1. The molecule has 2 aromatic rings. The Hall–Kier alpha value is -2.62. The van der Waals surface area contributed by atoms with E-state index in [1.54, 1.807) is 0 Å². The second-order valence-electron chi connectivity index (χ2n) is 8.52. The summed E-state index contributed by atoms with van der Waals surface area (Å²) < 4.78 is 46.2. The van der Waals surface area contributed by atoms with Gasteiger partial charge in [0.25, 0.3) is 5.56 Å². The summed E-state index contributed by atoms with van der Waals surface area (Å²) in [6, 6.07) is 3.30. The number of likely N-dealkylation sites (tertiary alicyclic amines) is 1. The molecule has 174 valence electrons. The smallest absolute Gasteiger partial charge is 0.416 e. The number of halogens is 3. The zero-order valence-corrected chi connectivity index (χ0v) is 18.3. The van der Waals surface area contributed by atoms with Crippen LogP contribution in [0.4, 0.5) is 19.0 Å². The number of hydrogen-bond donors (Lipinski definition) is 1. The highest BCUT2D eigenvalue weighted by atomic mass is 19.4. The molecule has 0 bridgehead atoms. The van der Waals surface area contributed by atoms with Crippen LogP contribution >= 0.6 is 0 Å². The largest absolute Gasteiger partial charge is 0.496 e. The maximum absolute atomic E-state index is 13.3. The van der Waals surface area contributed by atoms with Crippen molar-refractivity contribution < 1.29 is 17.9 Å². The molecule has 1 atom stereocenters. The summed E-state index contributed by atoms with van der Waals surface area (Å²) in [6.45, 7) is 5.38. The number of methoxy groups -OCH3 is 1. The summed E-state index contributed by atoms with van der Waals surface area (Å²) in [5.41, 5.74) is -0.817. The van der Waals surface area contributed by atoms with Gasteiger partial charge in [-0.15, -0.1) is 10.2 Å². The van der Waals surface area contributed by atoms with E-state index in [1.165, 1.54) is 17.7 Å². The number of nitrogens with zero attached hydrogens (tertiary/aromatic N) is 4. The van der Waals surface area contributed by atoms with Gasteiger partial charge in [0.05, 0.1) is 18.2 Å². The van der Waals surface area contributed by atoms with E-state index in [9.17, 15) is 18.0 Å². The molecule has 1 aromatic heterocycles. The Morgan fingerprint density at radius 1 is 1.22 bits per heavy atom. The Balaban J connectivity index is 1.70. The first kappa shape index (κ1) is 22.6. The van der Waals surface area contributed by atoms with Crippen LogP contribution < -0.4 is 15.6 Å². The first-order valence-corrected chi connectivity index (χ1v) is 11.0. The lowest BCUT2D eigenvalue weighted by Crippen LogP contribution is -2.43. The molecule has 32 heavy (non-hydrogen) atoms. The monoisotopic (exact) mass is 451 g/mol. The van der Waals surface area contributed by atoms with Crippen LogP contribution in [-0.2, 0) is 12.7 Å². The lowest BCUT2D eigenvalue weighted by molar-refractivity contribution is -0.137. The predicted octanol–water partition coefficient (Wildman–Crippen LogP) is 3.64. The van der Waals surface area contributed by atoms with E-state index < -0.39 is 11.7 Å². The molecule has 4 rings (SSSR count). The SMILES string of the molecule is CCN1CCC[C@@H](Nc2nnc(-c3ccc(C(F)(F)F)cc3OC)n(CC3CC3)c2=O)C1. The number of likely N-dealkylation sites (N-methyl/N-ethyl adjacent to an activating group) is 1. The third kappa shape index (κ3) is 4.90. The van der Waals surface area contributed by atoms with Gasteiger partial charge in [0, 0.05) is 19.1 Å². The van der Waals surface area contributed by atoms with E-state index in [0.717, 1.165) is 57.5 Å². The van der Waals surface area contributed by atoms with Gasteiger partial charge >= 0.3 is 6.18 Å². The number of ether oxygens (including phenoxy) is 1. The molecule has 0 unspecified atom stereocenters. The van der Waals surface area contributed by atoms with Crippen molar-refractivity contribution in [2.24, 2.45) is 5.92 Å². The molecule has 1 aliphatic carbocycles. The molecule has 10 heteroatoms. The van der Waals surface area contributed by atoms with Crippen LogP contribution in [0.3, 0.4) is 0 Å². The lowest BCUT2D eigenvalue weighted by atomic mass is 10.1. The van der Waals surface area contributed by atoms with Crippen LogP contribution in [0.5, 0.6) is 5.75 Å². The molecule has 0 spiro atoms. The Morgan fingerprint density at radius 3 is 2.66 bits per heavy atom. The van der Waals surface area contributed by atoms with Gasteiger partial charge in [-0.2, -0.15) is 13.2 Å². The third-order valence-corrected chi connectivity index (χ3v) is 6.15. The highest BCUT2D eigenvalue weighted by Crippen LogP contribution is 2.37. The van der Waals surface area contributed by atoms with Crippen LogP contribution in [0.2, 0.25) is 0 Å². The van der Waals surface area contributed by atoms with Gasteiger partial charge in [-0.1, -0.05) is 6.92 Å². The molecule has 0 radical (unpaired) electrons. The molecule has 1 saturated heterocycles. The summed E-state index contributed by atoms with van der Waals surface area (Å²) in [7, 11) is 1.30. The van der Waals surface area contributed by atoms with Crippen LogP contribution in [0.25, 0.3) is 11.4 Å². The van der Waals surface area contributed by atoms with E-state index in [2.05, 4.69) is 27.3 Å². The molecule has 2 aliphatic rings. The molecule has 0 amide bonds. The van der Waals surface area contributed by atoms with E-state index >= 15 is 0 Å². The van der Waals surface area contributed by atoms with Crippen molar-refractivity contribution in [2.75, 3.05) is 32.1 Å². The minimum absolute atomic E-state index is 0.00430. The molecule has 1 aliphatic heterocycles. The molecule has 1 N–H and O–H groups in total. The zero-order valence-electron chi connectivity index (χ0n) is 18.3. The van der Waals surface area contributed by atoms with Crippen molar-refractivity contribution >= 4 is 5.82 Å². The minimum Gasteiger partial charge on any atom is -0.496 e.